The molecule has 3 heteroatoms. The van der Waals surface area contributed by atoms with Crippen LogP contribution >= 0.6 is 0 Å². The second-order valence-electron chi connectivity index (χ2n) is 5.14. The van der Waals surface area contributed by atoms with Crippen LogP contribution in [0.1, 0.15) is 52.0 Å². The highest BCUT2D eigenvalue weighted by Gasteiger charge is 2.14. The minimum absolute atomic E-state index is 0.483. The molecule has 90 valence electrons. The fourth-order valence-corrected chi connectivity index (χ4v) is 2.49. The van der Waals surface area contributed by atoms with Crippen LogP contribution in [0.15, 0.2) is 12.4 Å². The summed E-state index contributed by atoms with van der Waals surface area (Å²) >= 11 is 0. The molecular weight excluding hydrogens is 198 g/mol. The van der Waals surface area contributed by atoms with Gasteiger partial charge in [-0.3, -0.25) is 0 Å². The number of hydrogen-bond acceptors (Lipinski definition) is 2. The summed E-state index contributed by atoms with van der Waals surface area (Å²) < 4.78 is 2.20. The fourth-order valence-electron chi connectivity index (χ4n) is 2.49. The third-order valence-corrected chi connectivity index (χ3v) is 3.50. The largest absolute Gasteiger partial charge is 0.355 e. The van der Waals surface area contributed by atoms with E-state index >= 15 is 0 Å². The number of rotatable bonds is 4. The minimum Gasteiger partial charge on any atom is -0.355 e. The molecule has 1 aromatic rings. The predicted octanol–water partition coefficient (Wildman–Crippen LogP) is 3.46. The van der Waals surface area contributed by atoms with Crippen LogP contribution in [0, 0.1) is 5.92 Å². The van der Waals surface area contributed by atoms with Gasteiger partial charge in [-0.1, -0.05) is 19.3 Å². The van der Waals surface area contributed by atoms with Crippen LogP contribution < -0.4 is 5.32 Å². The van der Waals surface area contributed by atoms with Crippen molar-refractivity contribution in [2.75, 3.05) is 11.9 Å². The van der Waals surface area contributed by atoms with Gasteiger partial charge >= 0.3 is 0 Å². The molecule has 1 aliphatic carbocycles. The number of imidazole rings is 1. The Labute approximate surface area is 98.3 Å². The van der Waals surface area contributed by atoms with E-state index in [0.717, 1.165) is 18.4 Å². The summed E-state index contributed by atoms with van der Waals surface area (Å²) in [5, 5.41) is 3.50. The van der Waals surface area contributed by atoms with Gasteiger partial charge in [-0.2, -0.15) is 0 Å². The van der Waals surface area contributed by atoms with Crippen molar-refractivity contribution < 1.29 is 0 Å². The van der Waals surface area contributed by atoms with E-state index in [1.165, 1.54) is 32.1 Å². The fraction of sp³-hybridized carbons (Fsp3) is 0.769. The van der Waals surface area contributed by atoms with Crippen molar-refractivity contribution in [1.82, 2.24) is 9.55 Å². The van der Waals surface area contributed by atoms with Crippen molar-refractivity contribution in [2.45, 2.75) is 52.0 Å². The maximum absolute atomic E-state index is 4.37. The molecule has 1 fully saturated rings. The van der Waals surface area contributed by atoms with Gasteiger partial charge in [0.1, 0.15) is 0 Å². The molecule has 0 unspecified atom stereocenters. The van der Waals surface area contributed by atoms with Gasteiger partial charge in [0.2, 0.25) is 5.95 Å². The molecule has 0 spiro atoms. The minimum atomic E-state index is 0.483. The number of anilines is 1. The molecule has 1 N–H and O–H groups in total. The summed E-state index contributed by atoms with van der Waals surface area (Å²) in [6.45, 7) is 5.46. The van der Waals surface area contributed by atoms with Crippen LogP contribution in [0.3, 0.4) is 0 Å². The Morgan fingerprint density at radius 1 is 1.38 bits per heavy atom. The smallest absolute Gasteiger partial charge is 0.203 e. The molecule has 1 aromatic heterocycles. The normalized spacial score (nSPS) is 17.9. The van der Waals surface area contributed by atoms with Gasteiger partial charge in [-0.25, -0.2) is 4.98 Å². The first kappa shape index (κ1) is 11.5. The van der Waals surface area contributed by atoms with Crippen molar-refractivity contribution in [3.05, 3.63) is 12.4 Å². The molecule has 0 radical (unpaired) electrons. The highest BCUT2D eigenvalue weighted by Crippen LogP contribution is 2.24. The van der Waals surface area contributed by atoms with Gasteiger partial charge in [0, 0.05) is 25.0 Å². The molecule has 3 nitrogen and oxygen atoms in total. The molecule has 0 bridgehead atoms. The van der Waals surface area contributed by atoms with Crippen molar-refractivity contribution in [3.63, 3.8) is 0 Å². The van der Waals surface area contributed by atoms with E-state index in [1.807, 2.05) is 12.4 Å². The van der Waals surface area contributed by atoms with Gasteiger partial charge in [-0.05, 0) is 32.6 Å². The SMILES string of the molecule is CC(C)n1ccnc1NCC1CCCCC1. The van der Waals surface area contributed by atoms with Crippen molar-refractivity contribution in [3.8, 4) is 0 Å². The Kier molecular flexibility index (Phi) is 3.86. The molecular formula is C13H23N3. The lowest BCUT2D eigenvalue weighted by Gasteiger charge is -2.22. The molecule has 16 heavy (non-hydrogen) atoms. The van der Waals surface area contributed by atoms with E-state index in [1.54, 1.807) is 0 Å². The van der Waals surface area contributed by atoms with Gasteiger partial charge in [0.25, 0.3) is 0 Å². The van der Waals surface area contributed by atoms with Crippen LogP contribution in [-0.4, -0.2) is 16.1 Å². The summed E-state index contributed by atoms with van der Waals surface area (Å²) in [7, 11) is 0. The van der Waals surface area contributed by atoms with Gasteiger partial charge in [0.15, 0.2) is 0 Å². The second-order valence-corrected chi connectivity index (χ2v) is 5.14. The zero-order valence-electron chi connectivity index (χ0n) is 10.4. The number of nitrogens with one attached hydrogen (secondary N) is 1. The third kappa shape index (κ3) is 2.77. The first-order chi connectivity index (χ1) is 7.77. The zero-order valence-corrected chi connectivity index (χ0v) is 10.4. The van der Waals surface area contributed by atoms with Gasteiger partial charge in [0.05, 0.1) is 0 Å². The van der Waals surface area contributed by atoms with E-state index in [0.29, 0.717) is 6.04 Å². The lowest BCUT2D eigenvalue weighted by atomic mass is 9.89. The predicted molar refractivity (Wildman–Crippen MR) is 67.7 cm³/mol. The zero-order chi connectivity index (χ0) is 11.4. The van der Waals surface area contributed by atoms with E-state index < -0.39 is 0 Å². The summed E-state index contributed by atoms with van der Waals surface area (Å²) in [5.74, 6) is 1.88. The Hall–Kier alpha value is -0.990. The monoisotopic (exact) mass is 221 g/mol. The Morgan fingerprint density at radius 3 is 2.81 bits per heavy atom. The number of nitrogens with zero attached hydrogens (tertiary/aromatic N) is 2. The van der Waals surface area contributed by atoms with Crippen LogP contribution in [0.2, 0.25) is 0 Å². The highest BCUT2D eigenvalue weighted by atomic mass is 15.2. The first-order valence-corrected chi connectivity index (χ1v) is 6.54. The molecule has 2 rings (SSSR count). The summed E-state index contributed by atoms with van der Waals surface area (Å²) in [6, 6.07) is 0.483. The average molecular weight is 221 g/mol. The molecule has 0 aliphatic heterocycles. The topological polar surface area (TPSA) is 29.9 Å². The summed E-state index contributed by atoms with van der Waals surface area (Å²) in [4.78, 5) is 4.37. The van der Waals surface area contributed by atoms with Crippen LogP contribution in [0.25, 0.3) is 0 Å². The van der Waals surface area contributed by atoms with Gasteiger partial charge < -0.3 is 9.88 Å². The average Bonchev–Trinajstić information content (AvgIpc) is 2.76. The lowest BCUT2D eigenvalue weighted by molar-refractivity contribution is 0.372. The molecule has 0 saturated heterocycles. The Bertz CT molecular complexity index is 311. The van der Waals surface area contributed by atoms with Crippen molar-refractivity contribution in [1.29, 1.82) is 0 Å². The molecule has 0 atom stereocenters. The van der Waals surface area contributed by atoms with Gasteiger partial charge in [-0.15, -0.1) is 0 Å². The molecule has 1 aliphatic rings. The summed E-state index contributed by atoms with van der Waals surface area (Å²) in [6.07, 6.45) is 10.9. The quantitative estimate of drug-likeness (QED) is 0.844. The maximum Gasteiger partial charge on any atom is 0.203 e. The first-order valence-electron chi connectivity index (χ1n) is 6.54. The van der Waals surface area contributed by atoms with E-state index in [9.17, 15) is 0 Å². The number of hydrogen-bond donors (Lipinski definition) is 1. The Balaban J connectivity index is 1.86. The standard InChI is InChI=1S/C13H23N3/c1-11(2)16-9-8-14-13(16)15-10-12-6-4-3-5-7-12/h8-9,11-12H,3-7,10H2,1-2H3,(H,14,15). The highest BCUT2D eigenvalue weighted by molar-refractivity contribution is 5.26. The van der Waals surface area contributed by atoms with E-state index in [2.05, 4.69) is 28.7 Å². The maximum atomic E-state index is 4.37. The van der Waals surface area contributed by atoms with Crippen molar-refractivity contribution >= 4 is 5.95 Å². The summed E-state index contributed by atoms with van der Waals surface area (Å²) in [5.41, 5.74) is 0. The van der Waals surface area contributed by atoms with Crippen LogP contribution in [0.5, 0.6) is 0 Å². The van der Waals surface area contributed by atoms with Crippen LogP contribution in [-0.2, 0) is 0 Å². The van der Waals surface area contributed by atoms with E-state index in [-0.39, 0.29) is 0 Å². The third-order valence-electron chi connectivity index (χ3n) is 3.50. The second kappa shape index (κ2) is 5.37. The van der Waals surface area contributed by atoms with Crippen LogP contribution in [0.4, 0.5) is 5.95 Å². The lowest BCUT2D eigenvalue weighted by Crippen LogP contribution is -2.19. The van der Waals surface area contributed by atoms with Crippen molar-refractivity contribution in [2.24, 2.45) is 5.92 Å². The molecule has 1 saturated carbocycles. The molecule has 0 amide bonds. The Morgan fingerprint density at radius 2 is 2.12 bits per heavy atom. The molecule has 0 aromatic carbocycles. The molecule has 1 heterocycles. The van der Waals surface area contributed by atoms with E-state index in [4.69, 9.17) is 0 Å². The number of aromatic nitrogens is 2.